The lowest BCUT2D eigenvalue weighted by Crippen LogP contribution is -2.24. The number of benzene rings is 2. The average Bonchev–Trinajstić information content (AvgIpc) is 2.79. The van der Waals surface area contributed by atoms with Crippen molar-refractivity contribution < 1.29 is 14.3 Å². The van der Waals surface area contributed by atoms with Crippen LogP contribution < -0.4 is 4.90 Å². The van der Waals surface area contributed by atoms with Crippen molar-refractivity contribution in [2.75, 3.05) is 4.90 Å². The molecule has 2 aromatic rings. The standard InChI is InChI=1S/C26H27NO3/c1-21(30-26(29)20-18-22-11-5-2-6-12-22)17-19-25(28)27(23-13-7-3-8-14-23)24-15-9-4-10-16-24/h3-4,7-11,13-21H,2,5-6,12H2,1H3/b19-17-,20-18+. The summed E-state index contributed by atoms with van der Waals surface area (Å²) in [6.07, 6.45) is 12.4. The number of rotatable bonds is 7. The van der Waals surface area contributed by atoms with Crippen LogP contribution in [0.25, 0.3) is 0 Å². The molecule has 0 radical (unpaired) electrons. The first-order valence-electron chi connectivity index (χ1n) is 10.3. The van der Waals surface area contributed by atoms with E-state index in [1.165, 1.54) is 24.1 Å². The number of ether oxygens (including phenoxy) is 1. The minimum Gasteiger partial charge on any atom is -0.455 e. The number of carbonyl (C=O) groups excluding carboxylic acids is 2. The van der Waals surface area contributed by atoms with Gasteiger partial charge in [0.05, 0.1) is 0 Å². The summed E-state index contributed by atoms with van der Waals surface area (Å²) in [5.74, 6) is -0.618. The highest BCUT2D eigenvalue weighted by atomic mass is 16.5. The van der Waals surface area contributed by atoms with Crippen molar-refractivity contribution in [1.82, 2.24) is 0 Å². The Kier molecular flexibility index (Phi) is 7.78. The molecule has 0 heterocycles. The van der Waals surface area contributed by atoms with Crippen molar-refractivity contribution in [3.63, 3.8) is 0 Å². The second kappa shape index (κ2) is 11.0. The summed E-state index contributed by atoms with van der Waals surface area (Å²) in [6.45, 7) is 1.74. The minimum absolute atomic E-state index is 0.210. The van der Waals surface area contributed by atoms with Crippen LogP contribution in [0, 0.1) is 0 Å². The normalized spacial score (nSPS) is 15.0. The molecule has 1 atom stereocenters. The number of carbonyl (C=O) groups is 2. The zero-order valence-electron chi connectivity index (χ0n) is 17.2. The molecule has 0 N–H and O–H groups in total. The van der Waals surface area contributed by atoms with Crippen molar-refractivity contribution in [3.8, 4) is 0 Å². The second-order valence-corrected chi connectivity index (χ2v) is 7.20. The van der Waals surface area contributed by atoms with Gasteiger partial charge in [-0.05, 0) is 62.9 Å². The van der Waals surface area contributed by atoms with Crippen molar-refractivity contribution in [2.45, 2.75) is 38.7 Å². The Hall–Kier alpha value is -3.40. The van der Waals surface area contributed by atoms with Crippen molar-refractivity contribution in [2.24, 2.45) is 0 Å². The number of amides is 1. The van der Waals surface area contributed by atoms with E-state index < -0.39 is 12.1 Å². The molecule has 0 bridgehead atoms. The lowest BCUT2D eigenvalue weighted by molar-refractivity contribution is -0.140. The molecule has 1 aliphatic carbocycles. The van der Waals surface area contributed by atoms with Crippen LogP contribution in [0.15, 0.2) is 96.6 Å². The maximum Gasteiger partial charge on any atom is 0.331 e. The van der Waals surface area contributed by atoms with E-state index >= 15 is 0 Å². The van der Waals surface area contributed by atoms with E-state index in [0.29, 0.717) is 0 Å². The van der Waals surface area contributed by atoms with Gasteiger partial charge in [-0.15, -0.1) is 0 Å². The molecule has 154 valence electrons. The van der Waals surface area contributed by atoms with Gasteiger partial charge in [0.1, 0.15) is 6.10 Å². The molecule has 3 rings (SSSR count). The van der Waals surface area contributed by atoms with E-state index in [4.69, 9.17) is 4.74 Å². The minimum atomic E-state index is -0.514. The Morgan fingerprint density at radius 3 is 2.13 bits per heavy atom. The summed E-state index contributed by atoms with van der Waals surface area (Å²) in [5.41, 5.74) is 2.72. The van der Waals surface area contributed by atoms with Crippen LogP contribution >= 0.6 is 0 Å². The fraction of sp³-hybridized carbons (Fsp3) is 0.231. The predicted molar refractivity (Wildman–Crippen MR) is 120 cm³/mol. The predicted octanol–water partition coefficient (Wildman–Crippen LogP) is 5.90. The molecule has 4 nitrogen and oxygen atoms in total. The lowest BCUT2D eigenvalue weighted by atomic mass is 9.99. The van der Waals surface area contributed by atoms with E-state index in [9.17, 15) is 9.59 Å². The number of nitrogens with zero attached hydrogens (tertiary/aromatic N) is 1. The third-order valence-electron chi connectivity index (χ3n) is 4.82. The molecule has 30 heavy (non-hydrogen) atoms. The van der Waals surface area contributed by atoms with E-state index in [2.05, 4.69) is 6.08 Å². The topological polar surface area (TPSA) is 46.6 Å². The number of hydrogen-bond donors (Lipinski definition) is 0. The third-order valence-corrected chi connectivity index (χ3v) is 4.82. The number of anilines is 2. The Bertz CT molecular complexity index is 890. The smallest absolute Gasteiger partial charge is 0.331 e. The van der Waals surface area contributed by atoms with Gasteiger partial charge in [0.25, 0.3) is 5.91 Å². The van der Waals surface area contributed by atoms with Crippen LogP contribution in [0.4, 0.5) is 11.4 Å². The van der Waals surface area contributed by atoms with Crippen LogP contribution in [0.3, 0.4) is 0 Å². The zero-order valence-corrected chi connectivity index (χ0v) is 17.2. The van der Waals surface area contributed by atoms with E-state index in [0.717, 1.165) is 30.6 Å². The number of para-hydroxylation sites is 2. The summed E-state index contributed by atoms with van der Waals surface area (Å²) in [5, 5.41) is 0. The van der Waals surface area contributed by atoms with Gasteiger partial charge in [-0.25, -0.2) is 4.79 Å². The fourth-order valence-corrected chi connectivity index (χ4v) is 3.30. The zero-order chi connectivity index (χ0) is 21.2. The maximum absolute atomic E-state index is 12.9. The Morgan fingerprint density at radius 1 is 0.933 bits per heavy atom. The molecule has 0 aliphatic heterocycles. The van der Waals surface area contributed by atoms with Gasteiger partial charge < -0.3 is 4.74 Å². The van der Waals surface area contributed by atoms with Gasteiger partial charge >= 0.3 is 5.97 Å². The first-order valence-corrected chi connectivity index (χ1v) is 10.3. The summed E-state index contributed by atoms with van der Waals surface area (Å²) < 4.78 is 5.37. The van der Waals surface area contributed by atoms with Gasteiger partial charge in [-0.3, -0.25) is 9.69 Å². The van der Waals surface area contributed by atoms with Crippen LogP contribution in [-0.2, 0) is 14.3 Å². The summed E-state index contributed by atoms with van der Waals surface area (Å²) in [4.78, 5) is 26.6. The molecular weight excluding hydrogens is 374 g/mol. The fourth-order valence-electron chi connectivity index (χ4n) is 3.30. The lowest BCUT2D eigenvalue weighted by Gasteiger charge is -2.21. The SMILES string of the molecule is CC(/C=C\C(=O)N(c1ccccc1)c1ccccc1)OC(=O)/C=C/C1=CCCCC1. The van der Waals surface area contributed by atoms with Crippen molar-refractivity contribution >= 4 is 23.3 Å². The molecule has 0 fully saturated rings. The molecule has 1 amide bonds. The Labute approximate surface area is 178 Å². The van der Waals surface area contributed by atoms with Crippen LogP contribution in [-0.4, -0.2) is 18.0 Å². The number of allylic oxidation sites excluding steroid dienone is 3. The molecule has 1 unspecified atom stereocenters. The molecule has 1 aliphatic rings. The third kappa shape index (κ3) is 6.31. The van der Waals surface area contributed by atoms with E-state index in [-0.39, 0.29) is 5.91 Å². The Balaban J connectivity index is 1.64. The van der Waals surface area contributed by atoms with Gasteiger partial charge in [-0.2, -0.15) is 0 Å². The molecule has 0 saturated carbocycles. The first kappa shape index (κ1) is 21.3. The molecule has 0 spiro atoms. The Morgan fingerprint density at radius 2 is 1.57 bits per heavy atom. The van der Waals surface area contributed by atoms with Crippen molar-refractivity contribution in [1.29, 1.82) is 0 Å². The van der Waals surface area contributed by atoms with Gasteiger partial charge in [0.15, 0.2) is 0 Å². The molecule has 0 saturated heterocycles. The molecule has 0 aromatic heterocycles. The largest absolute Gasteiger partial charge is 0.455 e. The number of esters is 1. The molecule has 4 heteroatoms. The summed E-state index contributed by atoms with van der Waals surface area (Å²) in [7, 11) is 0. The van der Waals surface area contributed by atoms with E-state index in [1.807, 2.05) is 66.7 Å². The van der Waals surface area contributed by atoms with Gasteiger partial charge in [0, 0.05) is 23.5 Å². The maximum atomic E-state index is 12.9. The highest BCUT2D eigenvalue weighted by Crippen LogP contribution is 2.25. The highest BCUT2D eigenvalue weighted by Gasteiger charge is 2.15. The summed E-state index contributed by atoms with van der Waals surface area (Å²) in [6, 6.07) is 18.9. The van der Waals surface area contributed by atoms with Crippen LogP contribution in [0.2, 0.25) is 0 Å². The number of hydrogen-bond acceptors (Lipinski definition) is 3. The van der Waals surface area contributed by atoms with Crippen LogP contribution in [0.5, 0.6) is 0 Å². The first-order chi connectivity index (χ1) is 14.6. The molecule has 2 aromatic carbocycles. The quantitative estimate of drug-likeness (QED) is 0.429. The van der Waals surface area contributed by atoms with E-state index in [1.54, 1.807) is 17.9 Å². The van der Waals surface area contributed by atoms with Crippen molar-refractivity contribution in [3.05, 3.63) is 96.6 Å². The monoisotopic (exact) mass is 401 g/mol. The van der Waals surface area contributed by atoms with Gasteiger partial charge in [0.2, 0.25) is 0 Å². The summed E-state index contributed by atoms with van der Waals surface area (Å²) >= 11 is 0. The molecular formula is C26H27NO3. The van der Waals surface area contributed by atoms with Gasteiger partial charge in [-0.1, -0.05) is 54.1 Å². The average molecular weight is 402 g/mol. The van der Waals surface area contributed by atoms with Crippen LogP contribution in [0.1, 0.15) is 32.6 Å². The highest BCUT2D eigenvalue weighted by molar-refractivity contribution is 6.07. The second-order valence-electron chi connectivity index (χ2n) is 7.20.